The molecule has 0 bridgehead atoms. The number of benzene rings is 1. The Hall–Kier alpha value is -3.30. The van der Waals surface area contributed by atoms with Crippen molar-refractivity contribution in [1.82, 2.24) is 14.8 Å². The summed E-state index contributed by atoms with van der Waals surface area (Å²) in [5.41, 5.74) is 7.31. The van der Waals surface area contributed by atoms with Gasteiger partial charge >= 0.3 is 0 Å². The molecule has 30 heavy (non-hydrogen) atoms. The van der Waals surface area contributed by atoms with Gasteiger partial charge in [-0.15, -0.1) is 0 Å². The number of ether oxygens (including phenoxy) is 1. The van der Waals surface area contributed by atoms with Crippen molar-refractivity contribution in [1.29, 1.82) is 0 Å². The van der Waals surface area contributed by atoms with Gasteiger partial charge in [0.05, 0.1) is 8.94 Å². The fraction of sp³-hybridized carbons (Fsp3) is 0.333. The van der Waals surface area contributed by atoms with Gasteiger partial charge in [0.2, 0.25) is 0 Å². The number of hydrogen-bond acceptors (Lipinski definition) is 5. The Bertz CT molecular complexity index is 1180. The molecule has 2 aromatic heterocycles. The Morgan fingerprint density at radius 1 is 1.30 bits per heavy atom. The Morgan fingerprint density at radius 3 is 2.90 bits per heavy atom. The van der Waals surface area contributed by atoms with E-state index in [4.69, 9.17) is 13.2 Å². The van der Waals surface area contributed by atoms with Gasteiger partial charge in [-0.05, 0) is 56.4 Å². The van der Waals surface area contributed by atoms with E-state index in [1.807, 2.05) is 10.9 Å². The lowest BCUT2D eigenvalue weighted by Gasteiger charge is -2.10. The van der Waals surface area contributed by atoms with Crippen molar-refractivity contribution >= 4 is 5.82 Å². The van der Waals surface area contributed by atoms with Crippen molar-refractivity contribution in [2.24, 2.45) is 5.92 Å². The molecule has 1 aromatic carbocycles. The van der Waals surface area contributed by atoms with Crippen molar-refractivity contribution in [3.05, 3.63) is 60.0 Å². The highest BCUT2D eigenvalue weighted by molar-refractivity contribution is 5.65. The van der Waals surface area contributed by atoms with Crippen LogP contribution in [0.3, 0.4) is 0 Å². The molecule has 6 heteroatoms. The van der Waals surface area contributed by atoms with Crippen LogP contribution in [0.2, 0.25) is 0 Å². The van der Waals surface area contributed by atoms with Crippen LogP contribution in [0.1, 0.15) is 40.6 Å². The second kappa shape index (κ2) is 8.21. The van der Waals surface area contributed by atoms with Gasteiger partial charge in [0.25, 0.3) is 0 Å². The summed E-state index contributed by atoms with van der Waals surface area (Å²) in [5, 5.41) is 14.2. The zero-order chi connectivity index (χ0) is 22.9. The summed E-state index contributed by atoms with van der Waals surface area (Å²) in [7, 11) is 0. The number of nitrogens with two attached hydrogens (primary N) is 1. The average molecular weight is 405 g/mol. The van der Waals surface area contributed by atoms with Crippen LogP contribution in [0.5, 0.6) is 5.75 Å². The van der Waals surface area contributed by atoms with E-state index in [0.29, 0.717) is 11.5 Å². The second-order valence-corrected chi connectivity index (χ2v) is 8.10. The summed E-state index contributed by atoms with van der Waals surface area (Å²) in [5.74, 6) is 6.53. The molecule has 4 rings (SSSR count). The summed E-state index contributed by atoms with van der Waals surface area (Å²) in [6.07, 6.45) is 7.84. The third-order valence-electron chi connectivity index (χ3n) is 4.64. The number of aromatic nitrogens is 3. The lowest BCUT2D eigenvalue weighted by Crippen LogP contribution is -2.14. The third kappa shape index (κ3) is 5.40. The fourth-order valence-electron chi connectivity index (χ4n) is 2.87. The van der Waals surface area contributed by atoms with Crippen LogP contribution in [-0.4, -0.2) is 25.5 Å². The molecule has 1 saturated carbocycles. The largest absolute Gasteiger partial charge is 0.485 e. The van der Waals surface area contributed by atoms with E-state index in [1.54, 1.807) is 56.6 Å². The molecule has 3 aromatic rings. The highest BCUT2D eigenvalue weighted by atomic mass is 16.5. The summed E-state index contributed by atoms with van der Waals surface area (Å²) in [6, 6.07) is 8.32. The van der Waals surface area contributed by atoms with Gasteiger partial charge in [0.1, 0.15) is 12.2 Å². The highest BCUT2D eigenvalue weighted by Crippen LogP contribution is 2.31. The summed E-state index contributed by atoms with van der Waals surface area (Å²) in [4.78, 5) is 4.19. The van der Waals surface area contributed by atoms with E-state index in [0.717, 1.165) is 17.7 Å². The minimum Gasteiger partial charge on any atom is -0.485 e. The Morgan fingerprint density at radius 2 is 2.13 bits per heavy atom. The van der Waals surface area contributed by atoms with E-state index in [-0.39, 0.29) is 17.1 Å². The third-order valence-corrected chi connectivity index (χ3v) is 4.64. The van der Waals surface area contributed by atoms with Gasteiger partial charge in [0.15, 0.2) is 11.6 Å². The van der Waals surface area contributed by atoms with Crippen molar-refractivity contribution < 1.29 is 12.6 Å². The molecular formula is C24H26N4O2. The predicted molar refractivity (Wildman–Crippen MR) is 117 cm³/mol. The SMILES string of the molecule is [2H]C([2H])(Oc1cc(-c2cnn(CC3CC3)c2)cnc1N)c1cccc(C#CC(C)(C)O)c1. The molecule has 6 nitrogen and oxygen atoms in total. The molecule has 0 radical (unpaired) electrons. The van der Waals surface area contributed by atoms with Crippen molar-refractivity contribution in [3.8, 4) is 28.7 Å². The molecule has 0 amide bonds. The molecule has 0 unspecified atom stereocenters. The summed E-state index contributed by atoms with van der Waals surface area (Å²) in [6.45, 7) is 1.91. The van der Waals surface area contributed by atoms with Crippen LogP contribution in [0.4, 0.5) is 5.82 Å². The maximum Gasteiger partial charge on any atom is 0.166 e. The molecule has 1 aliphatic rings. The van der Waals surface area contributed by atoms with Crippen LogP contribution < -0.4 is 10.5 Å². The lowest BCUT2D eigenvalue weighted by molar-refractivity contribution is 0.143. The van der Waals surface area contributed by atoms with Crippen LogP contribution in [0.15, 0.2) is 48.9 Å². The average Bonchev–Trinajstić information content (AvgIpc) is 3.42. The fourth-order valence-corrected chi connectivity index (χ4v) is 2.87. The van der Waals surface area contributed by atoms with E-state index in [9.17, 15) is 5.11 Å². The molecular weight excluding hydrogens is 376 g/mol. The normalized spacial score (nSPS) is 15.0. The predicted octanol–water partition coefficient (Wildman–Crippen LogP) is 3.64. The quantitative estimate of drug-likeness (QED) is 0.613. The summed E-state index contributed by atoms with van der Waals surface area (Å²) >= 11 is 0. The van der Waals surface area contributed by atoms with Gasteiger partial charge in [-0.3, -0.25) is 4.68 Å². The van der Waals surface area contributed by atoms with Crippen LogP contribution in [0, 0.1) is 17.8 Å². The molecule has 154 valence electrons. The molecule has 0 atom stereocenters. The zero-order valence-electron chi connectivity index (χ0n) is 19.1. The number of nitrogen functional groups attached to an aromatic ring is 1. The number of pyridine rings is 1. The first-order valence-corrected chi connectivity index (χ1v) is 9.92. The smallest absolute Gasteiger partial charge is 0.166 e. The molecule has 1 aliphatic carbocycles. The van der Waals surface area contributed by atoms with E-state index in [2.05, 4.69) is 21.9 Å². The molecule has 1 fully saturated rings. The zero-order valence-corrected chi connectivity index (χ0v) is 17.1. The minimum atomic E-state index is -2.17. The monoisotopic (exact) mass is 404 g/mol. The maximum atomic E-state index is 9.80. The molecule has 0 spiro atoms. The van der Waals surface area contributed by atoms with Crippen LogP contribution in [-0.2, 0) is 13.1 Å². The Kier molecular flexibility index (Phi) is 4.80. The van der Waals surface area contributed by atoms with Crippen molar-refractivity contribution in [2.75, 3.05) is 5.73 Å². The molecule has 2 heterocycles. The summed E-state index contributed by atoms with van der Waals surface area (Å²) < 4.78 is 24.5. The van der Waals surface area contributed by atoms with Crippen molar-refractivity contribution in [3.63, 3.8) is 0 Å². The standard InChI is InChI=1S/C24H26N4O2/c1-24(2,29)9-8-17-4-3-5-19(10-17)16-30-22-11-20(12-26-23(22)25)21-13-27-28(15-21)14-18-6-7-18/h3-5,10-13,15,18,29H,6-7,14,16H2,1-2H3,(H2,25,26)/i16D2. The van der Waals surface area contributed by atoms with Crippen molar-refractivity contribution in [2.45, 2.75) is 45.4 Å². The number of nitrogens with zero attached hydrogens (tertiary/aromatic N) is 3. The molecule has 3 N–H and O–H groups in total. The second-order valence-electron chi connectivity index (χ2n) is 8.10. The van der Waals surface area contributed by atoms with Gasteiger partial charge in [-0.1, -0.05) is 24.0 Å². The highest BCUT2D eigenvalue weighted by Gasteiger charge is 2.22. The number of rotatable bonds is 6. The number of anilines is 1. The topological polar surface area (TPSA) is 86.2 Å². The Balaban J connectivity index is 1.57. The van der Waals surface area contributed by atoms with Crippen LogP contribution in [0.25, 0.3) is 11.1 Å². The first-order chi connectivity index (χ1) is 15.1. The van der Waals surface area contributed by atoms with Crippen LogP contribution >= 0.6 is 0 Å². The van der Waals surface area contributed by atoms with Gasteiger partial charge < -0.3 is 15.6 Å². The minimum absolute atomic E-state index is 0.0981. The van der Waals surface area contributed by atoms with Gasteiger partial charge in [-0.2, -0.15) is 5.10 Å². The van der Waals surface area contributed by atoms with E-state index < -0.39 is 12.2 Å². The van der Waals surface area contributed by atoms with Gasteiger partial charge in [-0.25, -0.2) is 4.98 Å². The number of aliphatic hydroxyl groups is 1. The van der Waals surface area contributed by atoms with E-state index in [1.165, 1.54) is 12.8 Å². The maximum absolute atomic E-state index is 9.80. The molecule has 0 aliphatic heterocycles. The first-order valence-electron chi connectivity index (χ1n) is 10.9. The molecule has 0 saturated heterocycles. The van der Waals surface area contributed by atoms with Gasteiger partial charge in [0, 0.05) is 35.6 Å². The lowest BCUT2D eigenvalue weighted by atomic mass is 10.1. The Labute approximate surface area is 179 Å². The van der Waals surface area contributed by atoms with E-state index >= 15 is 0 Å². The number of hydrogen-bond donors (Lipinski definition) is 2. The first kappa shape index (κ1) is 17.5.